The lowest BCUT2D eigenvalue weighted by molar-refractivity contribution is 0.0995. The largest absolute Gasteiger partial charge is 0.444 e. The lowest BCUT2D eigenvalue weighted by Gasteiger charge is -2.02. The van der Waals surface area contributed by atoms with Gasteiger partial charge in [-0.3, -0.25) is 4.79 Å². The monoisotopic (exact) mass is 279 g/mol. The Bertz CT molecular complexity index is 502. The van der Waals surface area contributed by atoms with Gasteiger partial charge in [-0.25, -0.2) is 0 Å². The smallest absolute Gasteiger partial charge is 0.291 e. The predicted octanol–water partition coefficient (Wildman–Crippen LogP) is 3.60. The minimum absolute atomic E-state index is 0.255. The van der Waals surface area contributed by atoms with E-state index in [4.69, 9.17) is 4.42 Å². The molecule has 0 aliphatic carbocycles. The molecular weight excluding hydrogens is 270 g/mol. The first-order valence-electron chi connectivity index (χ1n) is 4.78. The number of carbonyl (C=O) groups excluding carboxylic acids is 1. The van der Waals surface area contributed by atoms with E-state index in [0.29, 0.717) is 4.67 Å². The number of furan rings is 1. The Morgan fingerprint density at radius 2 is 1.88 bits per heavy atom. The summed E-state index contributed by atoms with van der Waals surface area (Å²) in [5, 5.41) is 2.75. The first-order valence-corrected chi connectivity index (χ1v) is 5.58. The molecule has 4 heteroatoms. The lowest BCUT2D eigenvalue weighted by atomic mass is 10.2. The molecule has 0 saturated heterocycles. The van der Waals surface area contributed by atoms with Gasteiger partial charge in [-0.1, -0.05) is 17.7 Å². The van der Waals surface area contributed by atoms with Gasteiger partial charge in [-0.15, -0.1) is 0 Å². The fraction of sp³-hybridized carbons (Fsp3) is 0.0833. The third kappa shape index (κ3) is 2.52. The van der Waals surface area contributed by atoms with Gasteiger partial charge in [-0.2, -0.15) is 0 Å². The van der Waals surface area contributed by atoms with E-state index in [0.717, 1.165) is 11.3 Å². The van der Waals surface area contributed by atoms with Crippen LogP contribution >= 0.6 is 15.9 Å². The first kappa shape index (κ1) is 11.0. The fourth-order valence-corrected chi connectivity index (χ4v) is 1.57. The van der Waals surface area contributed by atoms with Crippen LogP contribution in [0.1, 0.15) is 16.1 Å². The Labute approximate surface area is 102 Å². The molecule has 2 rings (SSSR count). The maximum absolute atomic E-state index is 11.7. The van der Waals surface area contributed by atoms with Crippen LogP contribution in [-0.2, 0) is 0 Å². The van der Waals surface area contributed by atoms with Gasteiger partial charge in [0.15, 0.2) is 10.4 Å². The second kappa shape index (κ2) is 4.53. The Morgan fingerprint density at radius 1 is 1.19 bits per heavy atom. The van der Waals surface area contributed by atoms with Crippen LogP contribution in [0.25, 0.3) is 0 Å². The van der Waals surface area contributed by atoms with Crippen molar-refractivity contribution >= 4 is 27.5 Å². The van der Waals surface area contributed by atoms with E-state index in [2.05, 4.69) is 21.2 Å². The number of aryl methyl sites for hydroxylation is 1. The summed E-state index contributed by atoms with van der Waals surface area (Å²) in [7, 11) is 0. The van der Waals surface area contributed by atoms with Gasteiger partial charge in [0.25, 0.3) is 5.91 Å². The average molecular weight is 280 g/mol. The van der Waals surface area contributed by atoms with Gasteiger partial charge in [-0.05, 0) is 47.1 Å². The summed E-state index contributed by atoms with van der Waals surface area (Å²) in [5.41, 5.74) is 1.90. The van der Waals surface area contributed by atoms with Crippen molar-refractivity contribution < 1.29 is 9.21 Å². The van der Waals surface area contributed by atoms with Crippen LogP contribution in [-0.4, -0.2) is 5.91 Å². The van der Waals surface area contributed by atoms with Gasteiger partial charge >= 0.3 is 0 Å². The molecule has 0 saturated carbocycles. The van der Waals surface area contributed by atoms with E-state index in [1.807, 2.05) is 31.2 Å². The van der Waals surface area contributed by atoms with Crippen molar-refractivity contribution in [3.8, 4) is 0 Å². The highest BCUT2D eigenvalue weighted by Gasteiger charge is 2.10. The van der Waals surface area contributed by atoms with Crippen LogP contribution in [0.15, 0.2) is 45.5 Å². The van der Waals surface area contributed by atoms with Gasteiger partial charge in [0.05, 0.1) is 0 Å². The van der Waals surface area contributed by atoms with E-state index < -0.39 is 0 Å². The zero-order valence-corrected chi connectivity index (χ0v) is 10.2. The Kier molecular flexibility index (Phi) is 3.10. The number of rotatable bonds is 2. The number of hydrogen-bond donors (Lipinski definition) is 1. The molecule has 0 aliphatic heterocycles. The number of hydrogen-bond acceptors (Lipinski definition) is 2. The molecule has 16 heavy (non-hydrogen) atoms. The standard InChI is InChI=1S/C12H10BrNO2/c1-8-2-4-9(5-3-8)14-12(15)10-6-7-11(13)16-10/h2-7H,1H3,(H,14,15). The topological polar surface area (TPSA) is 42.2 Å². The van der Waals surface area contributed by atoms with E-state index >= 15 is 0 Å². The molecule has 0 aliphatic rings. The second-order valence-electron chi connectivity index (χ2n) is 3.42. The van der Waals surface area contributed by atoms with Crippen molar-refractivity contribution in [3.63, 3.8) is 0 Å². The van der Waals surface area contributed by atoms with Crippen molar-refractivity contribution in [1.82, 2.24) is 0 Å². The molecule has 1 amide bonds. The molecule has 1 aromatic heterocycles. The SMILES string of the molecule is Cc1ccc(NC(=O)c2ccc(Br)o2)cc1. The first-order chi connectivity index (χ1) is 7.65. The summed E-state index contributed by atoms with van der Waals surface area (Å²) >= 11 is 3.15. The second-order valence-corrected chi connectivity index (χ2v) is 4.21. The van der Waals surface area contributed by atoms with Gasteiger partial charge < -0.3 is 9.73 Å². The van der Waals surface area contributed by atoms with E-state index in [-0.39, 0.29) is 11.7 Å². The lowest BCUT2D eigenvalue weighted by Crippen LogP contribution is -2.10. The van der Waals surface area contributed by atoms with E-state index in [9.17, 15) is 4.79 Å². The Balaban J connectivity index is 2.10. The van der Waals surface area contributed by atoms with Crippen LogP contribution in [0, 0.1) is 6.92 Å². The molecule has 0 unspecified atom stereocenters. The van der Waals surface area contributed by atoms with Gasteiger partial charge in [0.1, 0.15) is 0 Å². The van der Waals surface area contributed by atoms with Crippen molar-refractivity contribution in [2.24, 2.45) is 0 Å². The zero-order valence-electron chi connectivity index (χ0n) is 8.66. The van der Waals surface area contributed by atoms with Crippen LogP contribution in [0.5, 0.6) is 0 Å². The summed E-state index contributed by atoms with van der Waals surface area (Å²) in [6.07, 6.45) is 0. The zero-order chi connectivity index (χ0) is 11.5. The molecule has 82 valence electrons. The number of benzene rings is 1. The molecular formula is C12H10BrNO2. The molecule has 1 heterocycles. The highest BCUT2D eigenvalue weighted by Crippen LogP contribution is 2.16. The molecule has 0 radical (unpaired) electrons. The van der Waals surface area contributed by atoms with E-state index in [1.165, 1.54) is 0 Å². The van der Waals surface area contributed by atoms with Crippen LogP contribution in [0.3, 0.4) is 0 Å². The number of amides is 1. The van der Waals surface area contributed by atoms with Crippen molar-refractivity contribution in [1.29, 1.82) is 0 Å². The third-order valence-electron chi connectivity index (χ3n) is 2.11. The molecule has 0 atom stereocenters. The summed E-state index contributed by atoms with van der Waals surface area (Å²) in [4.78, 5) is 11.7. The van der Waals surface area contributed by atoms with E-state index in [1.54, 1.807) is 12.1 Å². The predicted molar refractivity (Wildman–Crippen MR) is 65.5 cm³/mol. The third-order valence-corrected chi connectivity index (χ3v) is 2.53. The number of carbonyl (C=O) groups is 1. The quantitative estimate of drug-likeness (QED) is 0.913. The van der Waals surface area contributed by atoms with Crippen LogP contribution in [0.2, 0.25) is 0 Å². The molecule has 1 aromatic carbocycles. The summed E-state index contributed by atoms with van der Waals surface area (Å²) in [6.45, 7) is 2.00. The van der Waals surface area contributed by atoms with Crippen LogP contribution in [0.4, 0.5) is 5.69 Å². The van der Waals surface area contributed by atoms with Crippen molar-refractivity contribution in [2.45, 2.75) is 6.92 Å². The Hall–Kier alpha value is -1.55. The molecule has 2 aromatic rings. The molecule has 0 spiro atoms. The average Bonchev–Trinajstić information content (AvgIpc) is 2.68. The number of anilines is 1. The minimum atomic E-state index is -0.255. The number of halogens is 1. The van der Waals surface area contributed by atoms with Crippen molar-refractivity contribution in [2.75, 3.05) is 5.32 Å². The molecule has 1 N–H and O–H groups in total. The summed E-state index contributed by atoms with van der Waals surface area (Å²) in [5.74, 6) is 0.0296. The minimum Gasteiger partial charge on any atom is -0.444 e. The van der Waals surface area contributed by atoms with Crippen LogP contribution < -0.4 is 5.32 Å². The normalized spacial score (nSPS) is 10.1. The summed E-state index contributed by atoms with van der Waals surface area (Å²) in [6, 6.07) is 10.9. The molecule has 3 nitrogen and oxygen atoms in total. The molecule has 0 bridgehead atoms. The highest BCUT2D eigenvalue weighted by atomic mass is 79.9. The Morgan fingerprint density at radius 3 is 2.44 bits per heavy atom. The number of nitrogens with one attached hydrogen (secondary N) is 1. The molecule has 0 fully saturated rings. The van der Waals surface area contributed by atoms with Gasteiger partial charge in [0, 0.05) is 5.69 Å². The van der Waals surface area contributed by atoms with Crippen molar-refractivity contribution in [3.05, 3.63) is 52.4 Å². The maximum Gasteiger partial charge on any atom is 0.291 e. The maximum atomic E-state index is 11.7. The van der Waals surface area contributed by atoms with Gasteiger partial charge in [0.2, 0.25) is 0 Å². The fourth-order valence-electron chi connectivity index (χ4n) is 1.27. The highest BCUT2D eigenvalue weighted by molar-refractivity contribution is 9.10. The summed E-state index contributed by atoms with van der Waals surface area (Å²) < 4.78 is 5.69.